The zero-order valence-electron chi connectivity index (χ0n) is 29.7. The summed E-state index contributed by atoms with van der Waals surface area (Å²) in [4.78, 5) is 63.3. The van der Waals surface area contributed by atoms with Crippen molar-refractivity contribution in [3.63, 3.8) is 0 Å². The van der Waals surface area contributed by atoms with E-state index in [0.717, 1.165) is 24.1 Å². The fourth-order valence-electron chi connectivity index (χ4n) is 4.09. The third-order valence-corrected chi connectivity index (χ3v) is 6.44. The van der Waals surface area contributed by atoms with Crippen LogP contribution in [0.1, 0.15) is 106 Å². The van der Waals surface area contributed by atoms with Gasteiger partial charge in [0, 0.05) is 24.9 Å². The molecule has 0 radical (unpaired) electrons. The molecule has 0 aromatic carbocycles. The van der Waals surface area contributed by atoms with Crippen molar-refractivity contribution < 1.29 is 34.2 Å². The lowest BCUT2D eigenvalue weighted by molar-refractivity contribution is -0.144. The molecule has 0 aromatic heterocycles. The average Bonchev–Trinajstić information content (AvgIpc) is 2.97. The van der Waals surface area contributed by atoms with E-state index in [1.54, 1.807) is 13.8 Å². The molecule has 268 valence electrons. The van der Waals surface area contributed by atoms with Crippen molar-refractivity contribution in [1.82, 2.24) is 26.6 Å². The van der Waals surface area contributed by atoms with Crippen LogP contribution in [0, 0.1) is 0 Å². The number of allylic oxidation sites excluding steroid dienone is 5. The van der Waals surface area contributed by atoms with Gasteiger partial charge in [-0.2, -0.15) is 0 Å². The second kappa shape index (κ2) is 26.2. The molecule has 0 fully saturated rings. The number of hydrogen-bond donors (Lipinski definition) is 7. The molecule has 0 spiro atoms. The van der Waals surface area contributed by atoms with Gasteiger partial charge in [0.15, 0.2) is 0 Å². The minimum atomic E-state index is -1.62. The second-order valence-corrected chi connectivity index (χ2v) is 11.9. The molecule has 47 heavy (non-hydrogen) atoms. The van der Waals surface area contributed by atoms with Gasteiger partial charge in [0.1, 0.15) is 18.1 Å². The third kappa shape index (κ3) is 24.9. The Labute approximate surface area is 282 Å². The first-order valence-corrected chi connectivity index (χ1v) is 16.6. The molecule has 3 unspecified atom stereocenters. The molecule has 0 aliphatic carbocycles. The molecular weight excluding hydrogens is 602 g/mol. The van der Waals surface area contributed by atoms with Crippen LogP contribution in [-0.2, 0) is 24.0 Å². The van der Waals surface area contributed by atoms with Crippen LogP contribution in [-0.4, -0.2) is 76.6 Å². The Hall–Kier alpha value is -3.93. The molecule has 0 rings (SSSR count). The maximum absolute atomic E-state index is 13.1. The summed E-state index contributed by atoms with van der Waals surface area (Å²) < 4.78 is 0. The molecule has 12 nitrogen and oxygen atoms in total. The summed E-state index contributed by atoms with van der Waals surface area (Å²) in [6.07, 6.45) is 5.82. The van der Waals surface area contributed by atoms with E-state index >= 15 is 0 Å². The van der Waals surface area contributed by atoms with Crippen molar-refractivity contribution in [1.29, 1.82) is 0 Å². The number of aliphatic hydroxyl groups excluding tert-OH is 1. The summed E-state index contributed by atoms with van der Waals surface area (Å²) >= 11 is 0. The van der Waals surface area contributed by atoms with Crippen molar-refractivity contribution in [3.05, 3.63) is 48.8 Å². The van der Waals surface area contributed by atoms with Crippen molar-refractivity contribution in [2.45, 2.75) is 136 Å². The Balaban J connectivity index is 0. The number of nitrogens with one attached hydrogen (secondary N) is 5. The Morgan fingerprint density at radius 1 is 0.660 bits per heavy atom. The van der Waals surface area contributed by atoms with E-state index in [2.05, 4.69) is 46.3 Å². The highest BCUT2D eigenvalue weighted by atomic mass is 16.4. The van der Waals surface area contributed by atoms with Gasteiger partial charge in [-0.05, 0) is 65.8 Å². The number of aliphatic carboxylic acids is 1. The Kier molecular flexibility index (Phi) is 25.2. The van der Waals surface area contributed by atoms with Gasteiger partial charge in [0.2, 0.25) is 23.6 Å². The molecule has 0 aliphatic heterocycles. The molecule has 0 bridgehead atoms. The van der Waals surface area contributed by atoms with Crippen LogP contribution < -0.4 is 26.6 Å². The fourth-order valence-corrected chi connectivity index (χ4v) is 4.09. The standard InChI is InChI=1S/C33H55N5O7.C2H6/c1-21(2)15-16-24(7)12-11-14-29(40)36-27(18-17-25(8)39)32(43)38-28(33(44)45)20-30(41)37-26(31(42)35-23(5)6)13-9-10-19-34-22(3)4;1-2/h15-16,22-23,26-28,34,39H,1,7-14,17-20H2,2-6H3,(H,35,42)(H,36,40)(H,37,41)(H,38,43)(H,44,45);1-2H3/b16-15-;. The van der Waals surface area contributed by atoms with Crippen LogP contribution in [0.15, 0.2) is 48.8 Å². The van der Waals surface area contributed by atoms with E-state index in [9.17, 15) is 34.2 Å². The van der Waals surface area contributed by atoms with E-state index in [-0.39, 0.29) is 37.0 Å². The van der Waals surface area contributed by atoms with Gasteiger partial charge in [-0.3, -0.25) is 19.2 Å². The van der Waals surface area contributed by atoms with E-state index in [1.807, 2.05) is 46.8 Å². The maximum Gasteiger partial charge on any atom is 0.326 e. The largest absolute Gasteiger partial charge is 0.513 e. The fraction of sp³-hybridized carbons (Fsp3) is 0.629. The molecule has 12 heteroatoms. The first-order valence-electron chi connectivity index (χ1n) is 16.6. The average molecular weight is 664 g/mol. The number of amides is 4. The number of carbonyl (C=O) groups is 5. The van der Waals surface area contributed by atoms with E-state index < -0.39 is 48.2 Å². The molecular formula is C35H61N5O7. The molecule has 0 saturated carbocycles. The predicted octanol–water partition coefficient (Wildman–Crippen LogP) is 4.35. The topological polar surface area (TPSA) is 186 Å². The summed E-state index contributed by atoms with van der Waals surface area (Å²) in [5.74, 6) is -4.04. The number of aliphatic hydroxyl groups is 1. The number of carbonyl (C=O) groups excluding carboxylic acids is 4. The van der Waals surface area contributed by atoms with Gasteiger partial charge in [0.25, 0.3) is 0 Å². The molecule has 4 amide bonds. The van der Waals surface area contributed by atoms with Crippen molar-refractivity contribution in [2.24, 2.45) is 0 Å². The van der Waals surface area contributed by atoms with Gasteiger partial charge in [-0.1, -0.05) is 70.7 Å². The first-order chi connectivity index (χ1) is 22.0. The summed E-state index contributed by atoms with van der Waals surface area (Å²) in [6, 6.07) is -3.52. The Bertz CT molecular complexity index is 1070. The molecule has 0 saturated heterocycles. The zero-order valence-corrected chi connectivity index (χ0v) is 29.7. The van der Waals surface area contributed by atoms with Crippen molar-refractivity contribution >= 4 is 29.6 Å². The van der Waals surface area contributed by atoms with Crippen molar-refractivity contribution in [2.75, 3.05) is 6.54 Å². The molecule has 0 aliphatic rings. The van der Waals surface area contributed by atoms with E-state index in [0.29, 0.717) is 31.7 Å². The van der Waals surface area contributed by atoms with Gasteiger partial charge in [-0.25, -0.2) is 4.79 Å². The predicted molar refractivity (Wildman–Crippen MR) is 188 cm³/mol. The monoisotopic (exact) mass is 663 g/mol. The van der Waals surface area contributed by atoms with Crippen LogP contribution in [0.4, 0.5) is 0 Å². The normalized spacial score (nSPS) is 12.7. The van der Waals surface area contributed by atoms with Crippen LogP contribution >= 0.6 is 0 Å². The molecule has 0 aromatic rings. The molecule has 7 N–H and O–H groups in total. The SMILES string of the molecule is C=C(C)/C=C\C(=C)CCCC(=O)NC(CCC(=C)O)C(=O)NC(CC(=O)NC(CCCCNC(C)C)C(=O)NC(C)C)C(=O)O.CC. The highest BCUT2D eigenvalue weighted by molar-refractivity contribution is 5.93. The van der Waals surface area contributed by atoms with E-state index in [1.165, 1.54) is 0 Å². The minimum Gasteiger partial charge on any atom is -0.513 e. The smallest absolute Gasteiger partial charge is 0.326 e. The number of carboxylic acids is 1. The van der Waals surface area contributed by atoms with Gasteiger partial charge in [-0.15, -0.1) is 0 Å². The minimum absolute atomic E-state index is 0.0154. The van der Waals surface area contributed by atoms with E-state index in [4.69, 9.17) is 0 Å². The second-order valence-electron chi connectivity index (χ2n) is 11.9. The third-order valence-electron chi connectivity index (χ3n) is 6.44. The van der Waals surface area contributed by atoms with Crippen LogP contribution in [0.3, 0.4) is 0 Å². The van der Waals surface area contributed by atoms with Gasteiger partial charge >= 0.3 is 5.97 Å². The molecule has 3 atom stereocenters. The highest BCUT2D eigenvalue weighted by Crippen LogP contribution is 2.10. The summed E-state index contributed by atoms with van der Waals surface area (Å²) in [7, 11) is 0. The Morgan fingerprint density at radius 3 is 1.77 bits per heavy atom. The summed E-state index contributed by atoms with van der Waals surface area (Å²) in [5.41, 5.74) is 1.68. The summed E-state index contributed by atoms with van der Waals surface area (Å²) in [6.45, 7) is 25.3. The van der Waals surface area contributed by atoms with Gasteiger partial charge in [0.05, 0.1) is 12.2 Å². The number of hydrogen-bond acceptors (Lipinski definition) is 7. The number of carboxylic acid groups (broad SMARTS) is 1. The van der Waals surface area contributed by atoms with Gasteiger partial charge < -0.3 is 36.8 Å². The zero-order chi connectivity index (χ0) is 36.5. The first kappa shape index (κ1) is 45.2. The van der Waals surface area contributed by atoms with Crippen molar-refractivity contribution in [3.8, 4) is 0 Å². The number of rotatable bonds is 24. The summed E-state index contributed by atoms with van der Waals surface area (Å²) in [5, 5.41) is 32.9. The quantitative estimate of drug-likeness (QED) is 0.0451. The van der Waals surface area contributed by atoms with Crippen LogP contribution in [0.5, 0.6) is 0 Å². The lowest BCUT2D eigenvalue weighted by Gasteiger charge is -2.23. The molecule has 0 heterocycles. The number of unbranched alkanes of at least 4 members (excludes halogenated alkanes) is 1. The van der Waals surface area contributed by atoms with Crippen LogP contribution in [0.2, 0.25) is 0 Å². The lowest BCUT2D eigenvalue weighted by atomic mass is 10.1. The van der Waals surface area contributed by atoms with Crippen LogP contribution in [0.25, 0.3) is 0 Å². The highest BCUT2D eigenvalue weighted by Gasteiger charge is 2.30. The maximum atomic E-state index is 13.1. The lowest BCUT2D eigenvalue weighted by Crippen LogP contribution is -2.54. The Morgan fingerprint density at radius 2 is 1.23 bits per heavy atom.